The molecule has 1 saturated heterocycles. The second-order valence-corrected chi connectivity index (χ2v) is 6.62. The fraction of sp³-hybridized carbons (Fsp3) is 0.688. The molecule has 0 saturated carbocycles. The molecule has 0 aromatic carbocycles. The van der Waals surface area contributed by atoms with Crippen LogP contribution in [0.5, 0.6) is 0 Å². The SMILES string of the molecule is CC(C)(C)c1ccc(N2CCCC(CCO)C2)nc1. The summed E-state index contributed by atoms with van der Waals surface area (Å²) in [7, 11) is 0. The summed E-state index contributed by atoms with van der Waals surface area (Å²) in [5.41, 5.74) is 1.44. The van der Waals surface area contributed by atoms with Crippen molar-refractivity contribution in [1.29, 1.82) is 0 Å². The Hall–Kier alpha value is -1.09. The molecule has 1 aromatic heterocycles. The van der Waals surface area contributed by atoms with E-state index in [0.29, 0.717) is 12.5 Å². The number of piperidine rings is 1. The lowest BCUT2D eigenvalue weighted by atomic mass is 9.88. The zero-order chi connectivity index (χ0) is 13.9. The quantitative estimate of drug-likeness (QED) is 0.909. The molecule has 1 aliphatic heterocycles. The Morgan fingerprint density at radius 3 is 2.74 bits per heavy atom. The first-order valence-corrected chi connectivity index (χ1v) is 7.33. The largest absolute Gasteiger partial charge is 0.396 e. The molecule has 0 aliphatic carbocycles. The van der Waals surface area contributed by atoms with E-state index in [-0.39, 0.29) is 5.41 Å². The zero-order valence-electron chi connectivity index (χ0n) is 12.4. The Morgan fingerprint density at radius 1 is 1.37 bits per heavy atom. The van der Waals surface area contributed by atoms with Crippen molar-refractivity contribution in [2.24, 2.45) is 5.92 Å². The highest BCUT2D eigenvalue weighted by Gasteiger charge is 2.21. The van der Waals surface area contributed by atoms with Gasteiger partial charge in [-0.3, -0.25) is 0 Å². The van der Waals surface area contributed by atoms with E-state index in [1.54, 1.807) is 0 Å². The van der Waals surface area contributed by atoms with Crippen LogP contribution in [-0.2, 0) is 5.41 Å². The van der Waals surface area contributed by atoms with Crippen LogP contribution < -0.4 is 4.90 Å². The second kappa shape index (κ2) is 5.91. The first kappa shape index (κ1) is 14.3. The van der Waals surface area contributed by atoms with Gasteiger partial charge in [-0.2, -0.15) is 0 Å². The van der Waals surface area contributed by atoms with E-state index in [9.17, 15) is 0 Å². The molecule has 1 atom stereocenters. The molecular formula is C16H26N2O. The summed E-state index contributed by atoms with van der Waals surface area (Å²) >= 11 is 0. The van der Waals surface area contributed by atoms with Gasteiger partial charge in [0, 0.05) is 25.9 Å². The van der Waals surface area contributed by atoms with Crippen molar-refractivity contribution in [2.45, 2.75) is 45.4 Å². The van der Waals surface area contributed by atoms with Crippen molar-refractivity contribution >= 4 is 5.82 Å². The summed E-state index contributed by atoms with van der Waals surface area (Å²) in [6, 6.07) is 4.33. The Kier molecular flexibility index (Phi) is 4.46. The topological polar surface area (TPSA) is 36.4 Å². The number of nitrogens with zero attached hydrogens (tertiary/aromatic N) is 2. The van der Waals surface area contributed by atoms with Crippen LogP contribution in [0.2, 0.25) is 0 Å². The van der Waals surface area contributed by atoms with E-state index in [2.05, 4.69) is 42.8 Å². The maximum absolute atomic E-state index is 9.07. The summed E-state index contributed by atoms with van der Waals surface area (Å²) in [4.78, 5) is 6.98. The Morgan fingerprint density at radius 2 is 2.16 bits per heavy atom. The van der Waals surface area contributed by atoms with Crippen LogP contribution in [0.3, 0.4) is 0 Å². The number of aliphatic hydroxyl groups is 1. The van der Waals surface area contributed by atoms with Crippen molar-refractivity contribution in [3.63, 3.8) is 0 Å². The molecule has 2 heterocycles. The number of aromatic nitrogens is 1. The fourth-order valence-corrected chi connectivity index (χ4v) is 2.71. The number of anilines is 1. The molecule has 1 N–H and O–H groups in total. The average molecular weight is 262 g/mol. The number of aliphatic hydroxyl groups excluding tert-OH is 1. The van der Waals surface area contributed by atoms with Crippen LogP contribution in [0.15, 0.2) is 18.3 Å². The van der Waals surface area contributed by atoms with Gasteiger partial charge in [0.2, 0.25) is 0 Å². The van der Waals surface area contributed by atoms with Gasteiger partial charge >= 0.3 is 0 Å². The summed E-state index contributed by atoms with van der Waals surface area (Å²) in [5.74, 6) is 1.69. The Bertz CT molecular complexity index is 392. The van der Waals surface area contributed by atoms with Gasteiger partial charge in [0.25, 0.3) is 0 Å². The van der Waals surface area contributed by atoms with Crippen LogP contribution in [0.1, 0.15) is 45.6 Å². The minimum Gasteiger partial charge on any atom is -0.396 e. The van der Waals surface area contributed by atoms with E-state index in [0.717, 1.165) is 25.3 Å². The van der Waals surface area contributed by atoms with Crippen molar-refractivity contribution < 1.29 is 5.11 Å². The molecule has 106 valence electrons. The lowest BCUT2D eigenvalue weighted by molar-refractivity contribution is 0.244. The lowest BCUT2D eigenvalue weighted by Gasteiger charge is -2.33. The fourth-order valence-electron chi connectivity index (χ4n) is 2.71. The van der Waals surface area contributed by atoms with Gasteiger partial charge in [0.15, 0.2) is 0 Å². The summed E-state index contributed by atoms with van der Waals surface area (Å²) in [5, 5.41) is 9.07. The molecule has 3 nitrogen and oxygen atoms in total. The van der Waals surface area contributed by atoms with Gasteiger partial charge in [-0.05, 0) is 42.2 Å². The smallest absolute Gasteiger partial charge is 0.128 e. The monoisotopic (exact) mass is 262 g/mol. The minimum atomic E-state index is 0.160. The highest BCUT2D eigenvalue weighted by Crippen LogP contribution is 2.26. The number of rotatable bonds is 3. The van der Waals surface area contributed by atoms with Crippen molar-refractivity contribution in [3.05, 3.63) is 23.9 Å². The average Bonchev–Trinajstić information content (AvgIpc) is 2.39. The summed E-state index contributed by atoms with van der Waals surface area (Å²) in [6.45, 7) is 9.05. The van der Waals surface area contributed by atoms with Gasteiger partial charge in [-0.1, -0.05) is 26.8 Å². The first-order valence-electron chi connectivity index (χ1n) is 7.33. The molecule has 0 radical (unpaired) electrons. The second-order valence-electron chi connectivity index (χ2n) is 6.62. The van der Waals surface area contributed by atoms with Crippen LogP contribution >= 0.6 is 0 Å². The maximum atomic E-state index is 9.07. The number of pyridine rings is 1. The molecular weight excluding hydrogens is 236 g/mol. The lowest BCUT2D eigenvalue weighted by Crippen LogP contribution is -2.36. The Labute approximate surface area is 116 Å². The van der Waals surface area contributed by atoms with Crippen LogP contribution in [-0.4, -0.2) is 29.8 Å². The third-order valence-corrected chi connectivity index (χ3v) is 3.99. The molecule has 1 aromatic rings. The summed E-state index contributed by atoms with van der Waals surface area (Å²) in [6.07, 6.45) is 5.35. The van der Waals surface area contributed by atoms with Gasteiger partial charge in [0.1, 0.15) is 5.82 Å². The third-order valence-electron chi connectivity index (χ3n) is 3.99. The molecule has 0 bridgehead atoms. The summed E-state index contributed by atoms with van der Waals surface area (Å²) < 4.78 is 0. The molecule has 19 heavy (non-hydrogen) atoms. The Balaban J connectivity index is 2.05. The molecule has 1 fully saturated rings. The van der Waals surface area contributed by atoms with Gasteiger partial charge in [-0.25, -0.2) is 4.98 Å². The van der Waals surface area contributed by atoms with Crippen molar-refractivity contribution in [1.82, 2.24) is 4.98 Å². The van der Waals surface area contributed by atoms with Gasteiger partial charge < -0.3 is 10.0 Å². The zero-order valence-corrected chi connectivity index (χ0v) is 12.4. The number of hydrogen-bond acceptors (Lipinski definition) is 3. The molecule has 0 spiro atoms. The normalized spacial score (nSPS) is 20.6. The van der Waals surface area contributed by atoms with E-state index in [4.69, 9.17) is 5.11 Å². The molecule has 1 unspecified atom stereocenters. The highest BCUT2D eigenvalue weighted by atomic mass is 16.3. The predicted molar refractivity (Wildman–Crippen MR) is 79.6 cm³/mol. The molecule has 0 amide bonds. The molecule has 3 heteroatoms. The standard InChI is InChI=1S/C16H26N2O/c1-16(2,3)14-6-7-15(17-11-14)18-9-4-5-13(12-18)8-10-19/h6-7,11,13,19H,4-5,8-10,12H2,1-3H3. The van der Waals surface area contributed by atoms with E-state index in [1.807, 2.05) is 6.20 Å². The van der Waals surface area contributed by atoms with Crippen LogP contribution in [0.4, 0.5) is 5.82 Å². The predicted octanol–water partition coefficient (Wildman–Crippen LogP) is 2.98. The van der Waals surface area contributed by atoms with Gasteiger partial charge in [-0.15, -0.1) is 0 Å². The van der Waals surface area contributed by atoms with Gasteiger partial charge in [0.05, 0.1) is 0 Å². The highest BCUT2D eigenvalue weighted by molar-refractivity contribution is 5.41. The molecule has 1 aliphatic rings. The first-order chi connectivity index (χ1) is 9.00. The van der Waals surface area contributed by atoms with E-state index >= 15 is 0 Å². The van der Waals surface area contributed by atoms with Crippen LogP contribution in [0.25, 0.3) is 0 Å². The van der Waals surface area contributed by atoms with E-state index in [1.165, 1.54) is 18.4 Å². The minimum absolute atomic E-state index is 0.160. The van der Waals surface area contributed by atoms with Crippen molar-refractivity contribution in [2.75, 3.05) is 24.6 Å². The number of hydrogen-bond donors (Lipinski definition) is 1. The maximum Gasteiger partial charge on any atom is 0.128 e. The molecule has 2 rings (SSSR count). The van der Waals surface area contributed by atoms with E-state index < -0.39 is 0 Å². The van der Waals surface area contributed by atoms with Crippen molar-refractivity contribution in [3.8, 4) is 0 Å². The van der Waals surface area contributed by atoms with Crippen LogP contribution in [0, 0.1) is 5.92 Å². The third kappa shape index (κ3) is 3.69.